The summed E-state index contributed by atoms with van der Waals surface area (Å²) in [5.74, 6) is 0.885. The minimum Gasteiger partial charge on any atom is -0.497 e. The Kier molecular flexibility index (Phi) is 2.50. The van der Waals surface area contributed by atoms with Gasteiger partial charge >= 0.3 is 0 Å². The summed E-state index contributed by atoms with van der Waals surface area (Å²) in [6, 6.07) is 8.06. The van der Waals surface area contributed by atoms with Gasteiger partial charge in [-0.2, -0.15) is 0 Å². The molecule has 0 spiro atoms. The van der Waals surface area contributed by atoms with Crippen molar-refractivity contribution in [3.05, 3.63) is 48.6 Å². The monoisotopic (exact) mass is 201 g/mol. The maximum atomic E-state index is 5.20. The van der Waals surface area contributed by atoms with E-state index >= 15 is 0 Å². The van der Waals surface area contributed by atoms with Crippen molar-refractivity contribution in [1.82, 2.24) is 0 Å². The molecule has 0 N–H and O–H groups in total. The lowest BCUT2D eigenvalue weighted by molar-refractivity contribution is 0.415. The molecule has 2 rings (SSSR count). The summed E-state index contributed by atoms with van der Waals surface area (Å²) in [4.78, 5) is 2.24. The van der Waals surface area contributed by atoms with Crippen LogP contribution in [0.15, 0.2) is 48.6 Å². The molecule has 1 heterocycles. The molecule has 1 fully saturated rings. The van der Waals surface area contributed by atoms with Crippen LogP contribution in [0.1, 0.15) is 0 Å². The second-order valence-corrected chi connectivity index (χ2v) is 3.76. The Morgan fingerprint density at radius 2 is 1.87 bits per heavy atom. The minimum atomic E-state index is 0.867. The predicted molar refractivity (Wildman–Crippen MR) is 63.5 cm³/mol. The van der Waals surface area contributed by atoms with Crippen LogP contribution in [0.4, 0.5) is 5.69 Å². The number of hydrogen-bond acceptors (Lipinski definition) is 2. The van der Waals surface area contributed by atoms with Crippen molar-refractivity contribution in [3.63, 3.8) is 0 Å². The number of benzene rings is 1. The van der Waals surface area contributed by atoms with Crippen LogP contribution >= 0.6 is 0 Å². The average molecular weight is 201 g/mol. The van der Waals surface area contributed by atoms with E-state index in [9.17, 15) is 0 Å². The highest BCUT2D eigenvalue weighted by atomic mass is 16.5. The topological polar surface area (TPSA) is 12.5 Å². The first kappa shape index (κ1) is 9.84. The average Bonchev–Trinajstić information content (AvgIpc) is 2.59. The Bertz CT molecular complexity index is 393. The zero-order chi connectivity index (χ0) is 10.8. The summed E-state index contributed by atoms with van der Waals surface area (Å²) in [5.41, 5.74) is 3.41. The largest absolute Gasteiger partial charge is 0.497 e. The van der Waals surface area contributed by atoms with Gasteiger partial charge in [0, 0.05) is 24.8 Å². The van der Waals surface area contributed by atoms with Crippen molar-refractivity contribution in [1.29, 1.82) is 0 Å². The second-order valence-electron chi connectivity index (χ2n) is 3.76. The molecule has 2 heteroatoms. The van der Waals surface area contributed by atoms with Gasteiger partial charge in [0.05, 0.1) is 7.11 Å². The first-order valence-corrected chi connectivity index (χ1v) is 4.95. The first-order valence-electron chi connectivity index (χ1n) is 4.95. The zero-order valence-corrected chi connectivity index (χ0v) is 8.99. The van der Waals surface area contributed by atoms with Crippen molar-refractivity contribution < 1.29 is 4.74 Å². The molecule has 1 saturated heterocycles. The van der Waals surface area contributed by atoms with E-state index in [0.717, 1.165) is 35.7 Å². The van der Waals surface area contributed by atoms with Crippen molar-refractivity contribution in [2.75, 3.05) is 25.1 Å². The van der Waals surface area contributed by atoms with E-state index in [1.54, 1.807) is 7.11 Å². The standard InChI is InChI=1S/C13H15NO/c1-10-8-14(9-11(10)2)12-5-4-6-13(7-12)15-3/h4-7H,1-2,8-9H2,3H3. The smallest absolute Gasteiger partial charge is 0.120 e. The fraction of sp³-hybridized carbons (Fsp3) is 0.231. The molecule has 1 aromatic rings. The van der Waals surface area contributed by atoms with Crippen molar-refractivity contribution in [3.8, 4) is 5.75 Å². The number of methoxy groups -OCH3 is 1. The van der Waals surface area contributed by atoms with Gasteiger partial charge in [0.15, 0.2) is 0 Å². The molecular weight excluding hydrogens is 186 g/mol. The Labute approximate surface area is 90.5 Å². The number of hydrogen-bond donors (Lipinski definition) is 0. The lowest BCUT2D eigenvalue weighted by Gasteiger charge is -2.17. The van der Waals surface area contributed by atoms with Gasteiger partial charge in [-0.25, -0.2) is 0 Å². The molecule has 78 valence electrons. The SMILES string of the molecule is C=C1CN(c2cccc(OC)c2)CC1=C. The molecule has 0 unspecified atom stereocenters. The van der Waals surface area contributed by atoms with E-state index in [2.05, 4.69) is 24.1 Å². The van der Waals surface area contributed by atoms with E-state index in [0.29, 0.717) is 0 Å². The van der Waals surface area contributed by atoms with Crippen molar-refractivity contribution in [2.45, 2.75) is 0 Å². The third-order valence-electron chi connectivity index (χ3n) is 2.68. The second kappa shape index (κ2) is 3.81. The number of ether oxygens (including phenoxy) is 1. The van der Waals surface area contributed by atoms with Gasteiger partial charge < -0.3 is 9.64 Å². The third-order valence-corrected chi connectivity index (χ3v) is 2.68. The minimum absolute atomic E-state index is 0.867. The molecule has 0 aliphatic carbocycles. The fourth-order valence-electron chi connectivity index (χ4n) is 1.73. The van der Waals surface area contributed by atoms with Gasteiger partial charge in [-0.15, -0.1) is 0 Å². The Hall–Kier alpha value is -1.70. The van der Waals surface area contributed by atoms with Crippen LogP contribution in [0, 0.1) is 0 Å². The molecule has 1 aromatic carbocycles. The summed E-state index contributed by atoms with van der Waals surface area (Å²) in [6.45, 7) is 9.70. The van der Waals surface area contributed by atoms with Gasteiger partial charge in [-0.05, 0) is 23.3 Å². The molecule has 0 aromatic heterocycles. The van der Waals surface area contributed by atoms with Gasteiger partial charge in [0.2, 0.25) is 0 Å². The lowest BCUT2D eigenvalue weighted by atomic mass is 10.2. The molecule has 0 amide bonds. The Morgan fingerprint density at radius 1 is 1.20 bits per heavy atom. The van der Waals surface area contributed by atoms with Crippen molar-refractivity contribution >= 4 is 5.69 Å². The van der Waals surface area contributed by atoms with Gasteiger partial charge in [-0.3, -0.25) is 0 Å². The summed E-state index contributed by atoms with van der Waals surface area (Å²) in [6.07, 6.45) is 0. The third kappa shape index (κ3) is 1.89. The number of rotatable bonds is 2. The quantitative estimate of drug-likeness (QED) is 0.729. The highest BCUT2D eigenvalue weighted by molar-refractivity contribution is 5.57. The van der Waals surface area contributed by atoms with Crippen LogP contribution in [-0.4, -0.2) is 20.2 Å². The number of nitrogens with zero attached hydrogens (tertiary/aromatic N) is 1. The Morgan fingerprint density at radius 3 is 2.47 bits per heavy atom. The normalized spacial score (nSPS) is 15.9. The molecule has 0 atom stereocenters. The molecule has 1 aliphatic heterocycles. The lowest BCUT2D eigenvalue weighted by Crippen LogP contribution is -2.17. The molecule has 0 saturated carbocycles. The number of anilines is 1. The van der Waals surface area contributed by atoms with Crippen LogP contribution in [-0.2, 0) is 0 Å². The van der Waals surface area contributed by atoms with Crippen LogP contribution in [0.3, 0.4) is 0 Å². The first-order chi connectivity index (χ1) is 7.20. The summed E-state index contributed by atoms with van der Waals surface area (Å²) in [5, 5.41) is 0. The van der Waals surface area contributed by atoms with Crippen LogP contribution < -0.4 is 9.64 Å². The maximum Gasteiger partial charge on any atom is 0.120 e. The predicted octanol–water partition coefficient (Wildman–Crippen LogP) is 2.63. The molecule has 0 radical (unpaired) electrons. The molecule has 15 heavy (non-hydrogen) atoms. The fourth-order valence-corrected chi connectivity index (χ4v) is 1.73. The van der Waals surface area contributed by atoms with Crippen LogP contribution in [0.5, 0.6) is 5.75 Å². The Balaban J connectivity index is 2.23. The zero-order valence-electron chi connectivity index (χ0n) is 8.99. The van der Waals surface area contributed by atoms with E-state index in [1.165, 1.54) is 0 Å². The maximum absolute atomic E-state index is 5.20. The summed E-state index contributed by atoms with van der Waals surface area (Å²) >= 11 is 0. The highest BCUT2D eigenvalue weighted by Crippen LogP contribution is 2.27. The van der Waals surface area contributed by atoms with E-state index in [-0.39, 0.29) is 0 Å². The molecular formula is C13H15NO. The van der Waals surface area contributed by atoms with Gasteiger partial charge in [-0.1, -0.05) is 19.2 Å². The van der Waals surface area contributed by atoms with Crippen LogP contribution in [0.2, 0.25) is 0 Å². The summed E-state index contributed by atoms with van der Waals surface area (Å²) in [7, 11) is 1.68. The van der Waals surface area contributed by atoms with Gasteiger partial charge in [0.25, 0.3) is 0 Å². The van der Waals surface area contributed by atoms with Crippen LogP contribution in [0.25, 0.3) is 0 Å². The molecule has 0 bridgehead atoms. The van der Waals surface area contributed by atoms with E-state index in [1.807, 2.05) is 18.2 Å². The molecule has 2 nitrogen and oxygen atoms in total. The molecule has 1 aliphatic rings. The van der Waals surface area contributed by atoms with E-state index < -0.39 is 0 Å². The van der Waals surface area contributed by atoms with E-state index in [4.69, 9.17) is 4.74 Å². The summed E-state index contributed by atoms with van der Waals surface area (Å²) < 4.78 is 5.20. The van der Waals surface area contributed by atoms with Crippen molar-refractivity contribution in [2.24, 2.45) is 0 Å². The highest BCUT2D eigenvalue weighted by Gasteiger charge is 2.18. The van der Waals surface area contributed by atoms with Gasteiger partial charge in [0.1, 0.15) is 5.75 Å².